The molecule has 0 heterocycles. The lowest BCUT2D eigenvalue weighted by Crippen LogP contribution is -2.36. The lowest BCUT2D eigenvalue weighted by atomic mass is 9.94. The van der Waals surface area contributed by atoms with Crippen molar-refractivity contribution >= 4 is 0 Å². The van der Waals surface area contributed by atoms with Crippen molar-refractivity contribution in [3.8, 4) is 0 Å². The summed E-state index contributed by atoms with van der Waals surface area (Å²) in [6.07, 6.45) is -1.17. The molecule has 0 N–H and O–H groups in total. The first-order valence-electron chi connectivity index (χ1n) is 6.97. The van der Waals surface area contributed by atoms with Crippen LogP contribution in [0.3, 0.4) is 0 Å². The molecule has 21 heavy (non-hydrogen) atoms. The Labute approximate surface area is 125 Å². The lowest BCUT2D eigenvalue weighted by Gasteiger charge is -2.33. The number of hydrogen-bond donors (Lipinski definition) is 0. The molecule has 0 saturated heterocycles. The normalized spacial score (nSPS) is 11.3. The molecule has 0 radical (unpaired) electrons. The Morgan fingerprint density at radius 1 is 1.14 bits per heavy atom. The van der Waals surface area contributed by atoms with E-state index in [0.717, 1.165) is 5.57 Å². The Morgan fingerprint density at radius 2 is 1.76 bits per heavy atom. The van der Waals surface area contributed by atoms with E-state index >= 15 is 0 Å². The van der Waals surface area contributed by atoms with Crippen molar-refractivity contribution in [3.63, 3.8) is 0 Å². The van der Waals surface area contributed by atoms with Crippen LogP contribution in [0, 0.1) is 0 Å². The molecule has 4 nitrogen and oxygen atoms in total. The summed E-state index contributed by atoms with van der Waals surface area (Å²) in [6.45, 7) is 9.63. The monoisotopic (exact) mass is 308 g/mol. The van der Waals surface area contributed by atoms with Gasteiger partial charge in [-0.05, 0) is 19.8 Å². The fourth-order valence-electron chi connectivity index (χ4n) is 1.76. The van der Waals surface area contributed by atoms with Crippen molar-refractivity contribution in [2.45, 2.75) is 39.2 Å². The third-order valence-electron chi connectivity index (χ3n) is 3.04. The maximum absolute atomic E-state index is 13.2. The summed E-state index contributed by atoms with van der Waals surface area (Å²) in [5.41, 5.74) is -0.404. The Balaban J connectivity index is 4.84. The number of methoxy groups -OCH3 is 1. The fourth-order valence-corrected chi connectivity index (χ4v) is 1.76. The van der Waals surface area contributed by atoms with Gasteiger partial charge in [-0.2, -0.15) is 8.78 Å². The van der Waals surface area contributed by atoms with Gasteiger partial charge in [0.05, 0.1) is 19.8 Å². The third kappa shape index (κ3) is 7.02. The van der Waals surface area contributed by atoms with Gasteiger partial charge in [0.1, 0.15) is 5.60 Å². The SMILES string of the molecule is C=C(C)COC(CC)(CC)C(OCOCCOC)=C(F)F. The predicted molar refractivity (Wildman–Crippen MR) is 77.1 cm³/mol. The summed E-state index contributed by atoms with van der Waals surface area (Å²) in [7, 11) is 1.53. The van der Waals surface area contributed by atoms with E-state index in [1.54, 1.807) is 20.8 Å². The van der Waals surface area contributed by atoms with Gasteiger partial charge in [-0.3, -0.25) is 0 Å². The average molecular weight is 308 g/mol. The summed E-state index contributed by atoms with van der Waals surface area (Å²) in [4.78, 5) is 0. The Bertz CT molecular complexity index is 335. The summed E-state index contributed by atoms with van der Waals surface area (Å²) >= 11 is 0. The van der Waals surface area contributed by atoms with Crippen LogP contribution >= 0.6 is 0 Å². The van der Waals surface area contributed by atoms with Crippen LogP contribution in [0.5, 0.6) is 0 Å². The van der Waals surface area contributed by atoms with E-state index in [0.29, 0.717) is 19.4 Å². The van der Waals surface area contributed by atoms with Crippen LogP contribution in [0.4, 0.5) is 8.78 Å². The van der Waals surface area contributed by atoms with Crippen molar-refractivity contribution in [2.24, 2.45) is 0 Å². The van der Waals surface area contributed by atoms with Gasteiger partial charge >= 0.3 is 6.08 Å². The molecule has 0 aliphatic carbocycles. The molecule has 0 aromatic heterocycles. The summed E-state index contributed by atoms with van der Waals surface area (Å²) in [5, 5.41) is 0. The maximum Gasteiger partial charge on any atom is 0.310 e. The molecule has 0 fully saturated rings. The molecule has 0 amide bonds. The van der Waals surface area contributed by atoms with Gasteiger partial charge < -0.3 is 18.9 Å². The molecule has 0 aromatic rings. The van der Waals surface area contributed by atoms with Gasteiger partial charge in [-0.25, -0.2) is 0 Å². The van der Waals surface area contributed by atoms with Crippen LogP contribution in [-0.4, -0.2) is 39.3 Å². The van der Waals surface area contributed by atoms with E-state index < -0.39 is 17.4 Å². The van der Waals surface area contributed by atoms with Gasteiger partial charge in [-0.15, -0.1) is 0 Å². The van der Waals surface area contributed by atoms with Crippen LogP contribution < -0.4 is 0 Å². The second-order valence-corrected chi connectivity index (χ2v) is 4.70. The second kappa shape index (κ2) is 10.7. The molecule has 0 spiro atoms. The van der Waals surface area contributed by atoms with E-state index in [-0.39, 0.29) is 20.0 Å². The largest absolute Gasteiger partial charge is 0.463 e. The van der Waals surface area contributed by atoms with Crippen LogP contribution in [0.25, 0.3) is 0 Å². The molecule has 0 aromatic carbocycles. The molecule has 0 aliphatic rings. The van der Waals surface area contributed by atoms with Crippen molar-refractivity contribution < 1.29 is 27.7 Å². The van der Waals surface area contributed by atoms with Gasteiger partial charge in [0.15, 0.2) is 12.6 Å². The number of ether oxygens (including phenoxy) is 4. The van der Waals surface area contributed by atoms with E-state index in [1.165, 1.54) is 7.11 Å². The Kier molecular flexibility index (Phi) is 10.2. The van der Waals surface area contributed by atoms with Crippen molar-refractivity contribution in [1.82, 2.24) is 0 Å². The lowest BCUT2D eigenvalue weighted by molar-refractivity contribution is -0.103. The zero-order valence-corrected chi connectivity index (χ0v) is 13.3. The first kappa shape index (κ1) is 20.0. The first-order chi connectivity index (χ1) is 9.93. The highest BCUT2D eigenvalue weighted by atomic mass is 19.3. The minimum absolute atomic E-state index is 0.201. The van der Waals surface area contributed by atoms with Gasteiger partial charge in [0, 0.05) is 7.11 Å². The van der Waals surface area contributed by atoms with E-state index in [9.17, 15) is 8.78 Å². The minimum Gasteiger partial charge on any atom is -0.463 e. The molecule has 0 aliphatic heterocycles. The summed E-state index contributed by atoms with van der Waals surface area (Å²) in [6, 6.07) is 0. The predicted octanol–water partition coefficient (Wildman–Crippen LogP) is 3.88. The average Bonchev–Trinajstić information content (AvgIpc) is 2.45. The molecule has 6 heteroatoms. The number of hydrogen-bond acceptors (Lipinski definition) is 4. The standard InChI is InChI=1S/C15H26F2O4/c1-6-15(7-2,21-10-12(3)4)13(14(16)17)20-11-19-9-8-18-5/h3,6-11H2,1-2,4-5H3. The summed E-state index contributed by atoms with van der Waals surface area (Å²) in [5.74, 6) is -0.467. The smallest absolute Gasteiger partial charge is 0.310 e. The molecule has 124 valence electrons. The molecular formula is C15H26F2O4. The third-order valence-corrected chi connectivity index (χ3v) is 3.04. The van der Waals surface area contributed by atoms with E-state index in [2.05, 4.69) is 6.58 Å². The molecule has 0 saturated carbocycles. The summed E-state index contributed by atoms with van der Waals surface area (Å²) < 4.78 is 47.1. The molecule has 0 bridgehead atoms. The van der Waals surface area contributed by atoms with Gasteiger partial charge in [0.25, 0.3) is 0 Å². The van der Waals surface area contributed by atoms with Crippen molar-refractivity contribution in [2.75, 3.05) is 33.7 Å². The highest BCUT2D eigenvalue weighted by molar-refractivity contribution is 5.12. The maximum atomic E-state index is 13.2. The van der Waals surface area contributed by atoms with E-state index in [1.807, 2.05) is 0 Å². The molecular weight excluding hydrogens is 282 g/mol. The van der Waals surface area contributed by atoms with Crippen molar-refractivity contribution in [1.29, 1.82) is 0 Å². The topological polar surface area (TPSA) is 36.9 Å². The minimum atomic E-state index is -1.89. The molecule has 0 atom stereocenters. The van der Waals surface area contributed by atoms with Crippen LogP contribution in [0.2, 0.25) is 0 Å². The fraction of sp³-hybridized carbons (Fsp3) is 0.733. The second-order valence-electron chi connectivity index (χ2n) is 4.70. The quantitative estimate of drug-likeness (QED) is 0.237. The van der Waals surface area contributed by atoms with E-state index in [4.69, 9.17) is 18.9 Å². The first-order valence-corrected chi connectivity index (χ1v) is 6.97. The highest BCUT2D eigenvalue weighted by Gasteiger charge is 2.37. The van der Waals surface area contributed by atoms with Crippen LogP contribution in [-0.2, 0) is 18.9 Å². The van der Waals surface area contributed by atoms with Crippen LogP contribution in [0.1, 0.15) is 33.6 Å². The Morgan fingerprint density at radius 3 is 2.19 bits per heavy atom. The molecule has 0 unspecified atom stereocenters. The van der Waals surface area contributed by atoms with Crippen molar-refractivity contribution in [3.05, 3.63) is 24.0 Å². The molecule has 0 rings (SSSR count). The zero-order chi connectivity index (χ0) is 16.3. The van der Waals surface area contributed by atoms with Crippen LogP contribution in [0.15, 0.2) is 24.0 Å². The number of rotatable bonds is 12. The zero-order valence-electron chi connectivity index (χ0n) is 13.3. The highest BCUT2D eigenvalue weighted by Crippen LogP contribution is 2.34. The Hall–Kier alpha value is -0.980. The van der Waals surface area contributed by atoms with Gasteiger partial charge in [-0.1, -0.05) is 26.0 Å². The number of halogens is 2. The van der Waals surface area contributed by atoms with Gasteiger partial charge in [0.2, 0.25) is 0 Å².